The van der Waals surface area contributed by atoms with Crippen molar-refractivity contribution in [2.24, 2.45) is 5.16 Å². The van der Waals surface area contributed by atoms with Gasteiger partial charge in [0.1, 0.15) is 17.7 Å². The lowest BCUT2D eigenvalue weighted by Crippen LogP contribution is -2.43. The van der Waals surface area contributed by atoms with Gasteiger partial charge in [0.05, 0.1) is 37.0 Å². The molecule has 3 aromatic rings. The molecule has 0 aliphatic heterocycles. The summed E-state index contributed by atoms with van der Waals surface area (Å²) in [4.78, 5) is 57.9. The van der Waals surface area contributed by atoms with Gasteiger partial charge in [0.15, 0.2) is 5.78 Å². The topological polar surface area (TPSA) is 121 Å². The fourth-order valence-corrected chi connectivity index (χ4v) is 3.87. The smallest absolute Gasteiger partial charge is 0.331 e. The maximum absolute atomic E-state index is 13.9. The summed E-state index contributed by atoms with van der Waals surface area (Å²) in [6.07, 6.45) is 0.977. The maximum atomic E-state index is 13.9. The van der Waals surface area contributed by atoms with Gasteiger partial charge in [0, 0.05) is 17.8 Å². The SMILES string of the molecule is COc1ccc(F)cc1C(=O)Cn1cc(/C(C)=N/OC(C)C)c(=O)n(Cc2cccc(C(=O)NC(C)C)c2)c1=O. The van der Waals surface area contributed by atoms with Crippen LogP contribution < -0.4 is 21.3 Å². The van der Waals surface area contributed by atoms with Crippen molar-refractivity contribution in [3.8, 4) is 5.75 Å². The average molecular weight is 553 g/mol. The highest BCUT2D eigenvalue weighted by Gasteiger charge is 2.20. The predicted octanol–water partition coefficient (Wildman–Crippen LogP) is 3.38. The van der Waals surface area contributed by atoms with Crippen LogP contribution in [0, 0.1) is 5.82 Å². The van der Waals surface area contributed by atoms with Gasteiger partial charge in [0.25, 0.3) is 11.5 Å². The molecule has 0 atom stereocenters. The number of benzene rings is 2. The van der Waals surface area contributed by atoms with E-state index in [0.29, 0.717) is 11.1 Å². The number of nitrogens with zero attached hydrogens (tertiary/aromatic N) is 3. The minimum Gasteiger partial charge on any atom is -0.496 e. The normalized spacial score (nSPS) is 11.6. The van der Waals surface area contributed by atoms with E-state index in [9.17, 15) is 23.6 Å². The number of rotatable bonds is 11. The van der Waals surface area contributed by atoms with Crippen LogP contribution in [0.2, 0.25) is 0 Å². The molecule has 11 heteroatoms. The van der Waals surface area contributed by atoms with Gasteiger partial charge in [0.2, 0.25) is 0 Å². The molecule has 0 fully saturated rings. The molecule has 0 bridgehead atoms. The molecule has 0 aliphatic rings. The van der Waals surface area contributed by atoms with Gasteiger partial charge < -0.3 is 14.9 Å². The second-order valence-electron chi connectivity index (χ2n) is 9.77. The molecule has 1 aromatic heterocycles. The number of oxime groups is 1. The van der Waals surface area contributed by atoms with Gasteiger partial charge in [-0.2, -0.15) is 0 Å². The van der Waals surface area contributed by atoms with Gasteiger partial charge in [-0.25, -0.2) is 9.18 Å². The molecule has 0 radical (unpaired) electrons. The minimum atomic E-state index is -0.771. The first-order valence-electron chi connectivity index (χ1n) is 12.7. The molecule has 3 rings (SSSR count). The van der Waals surface area contributed by atoms with Gasteiger partial charge in [-0.05, 0) is 70.5 Å². The van der Waals surface area contributed by atoms with Gasteiger partial charge in [-0.3, -0.25) is 23.5 Å². The monoisotopic (exact) mass is 552 g/mol. The predicted molar refractivity (Wildman–Crippen MR) is 149 cm³/mol. The van der Waals surface area contributed by atoms with Gasteiger partial charge in [-0.15, -0.1) is 0 Å². The summed E-state index contributed by atoms with van der Waals surface area (Å²) in [5, 5.41) is 6.80. The first kappa shape index (κ1) is 30.0. The minimum absolute atomic E-state index is 0.0352. The zero-order chi connectivity index (χ0) is 29.6. The van der Waals surface area contributed by atoms with Crippen molar-refractivity contribution in [3.63, 3.8) is 0 Å². The fourth-order valence-electron chi connectivity index (χ4n) is 3.87. The molecule has 40 heavy (non-hydrogen) atoms. The highest BCUT2D eigenvalue weighted by molar-refractivity contribution is 5.99. The van der Waals surface area contributed by atoms with Crippen molar-refractivity contribution in [3.05, 3.63) is 97.6 Å². The molecule has 0 unspecified atom stereocenters. The summed E-state index contributed by atoms with van der Waals surface area (Å²) in [6, 6.07) is 9.98. The van der Waals surface area contributed by atoms with E-state index < -0.39 is 29.4 Å². The number of amides is 1. The van der Waals surface area contributed by atoms with E-state index in [1.165, 1.54) is 19.4 Å². The van der Waals surface area contributed by atoms with E-state index in [0.717, 1.165) is 21.3 Å². The van der Waals surface area contributed by atoms with Crippen LogP contribution in [0.15, 0.2) is 63.4 Å². The van der Waals surface area contributed by atoms with Crippen molar-refractivity contribution in [1.29, 1.82) is 0 Å². The number of Topliss-reactive ketones (excluding diaryl/α,β-unsaturated/α-hetero) is 1. The number of carbonyl (C=O) groups excluding carboxylic acids is 2. The molecule has 1 amide bonds. The number of nitrogens with one attached hydrogen (secondary N) is 1. The Bertz CT molecular complexity index is 1550. The highest BCUT2D eigenvalue weighted by atomic mass is 19.1. The summed E-state index contributed by atoms with van der Waals surface area (Å²) in [5.41, 5.74) is -0.353. The number of halogens is 1. The summed E-state index contributed by atoms with van der Waals surface area (Å²) in [6.45, 7) is 8.08. The van der Waals surface area contributed by atoms with Crippen molar-refractivity contribution < 1.29 is 23.6 Å². The van der Waals surface area contributed by atoms with Crippen molar-refractivity contribution in [2.45, 2.75) is 59.9 Å². The van der Waals surface area contributed by atoms with E-state index >= 15 is 0 Å². The molecule has 2 aromatic carbocycles. The van der Waals surface area contributed by atoms with Gasteiger partial charge in [-0.1, -0.05) is 17.3 Å². The third kappa shape index (κ3) is 7.31. The molecule has 0 saturated carbocycles. The van der Waals surface area contributed by atoms with Crippen LogP contribution >= 0.6 is 0 Å². The lowest BCUT2D eigenvalue weighted by atomic mass is 10.1. The average Bonchev–Trinajstić information content (AvgIpc) is 2.90. The molecule has 212 valence electrons. The molecular formula is C29H33FN4O6. The molecule has 0 saturated heterocycles. The number of hydrogen-bond acceptors (Lipinski definition) is 7. The Balaban J connectivity index is 2.11. The molecule has 0 aliphatic carbocycles. The number of ketones is 1. The third-order valence-electron chi connectivity index (χ3n) is 5.75. The standard InChI is InChI=1S/C29H33FN4O6/c1-17(2)31-27(36)21-9-7-8-20(12-21)14-34-28(37)24(19(5)32-40-18(3)4)15-33(29(34)38)16-25(35)23-13-22(30)10-11-26(23)39-6/h7-13,15,17-18H,14,16H2,1-6H3,(H,31,36)/b32-19+. The summed E-state index contributed by atoms with van der Waals surface area (Å²) >= 11 is 0. The Morgan fingerprint density at radius 3 is 2.42 bits per heavy atom. The molecule has 10 nitrogen and oxygen atoms in total. The van der Waals surface area contributed by atoms with Crippen LogP contribution in [0.1, 0.15) is 66.5 Å². The molecular weight excluding hydrogens is 519 g/mol. The van der Waals surface area contributed by atoms with Crippen LogP contribution in [0.5, 0.6) is 5.75 Å². The zero-order valence-electron chi connectivity index (χ0n) is 23.4. The third-order valence-corrected chi connectivity index (χ3v) is 5.75. The van der Waals surface area contributed by atoms with Crippen LogP contribution in [0.25, 0.3) is 0 Å². The van der Waals surface area contributed by atoms with Crippen LogP contribution in [-0.4, -0.2) is 45.8 Å². The summed E-state index contributed by atoms with van der Waals surface area (Å²) < 4.78 is 21.1. The fraction of sp³-hybridized carbons (Fsp3) is 0.345. The molecule has 1 N–H and O–H groups in total. The second-order valence-corrected chi connectivity index (χ2v) is 9.77. The van der Waals surface area contributed by atoms with Crippen molar-refractivity contribution in [2.75, 3.05) is 7.11 Å². The van der Waals surface area contributed by atoms with E-state index in [-0.39, 0.29) is 47.2 Å². The Labute approximate surface area is 231 Å². The second kappa shape index (κ2) is 13.0. The number of carbonyl (C=O) groups is 2. The number of ether oxygens (including phenoxy) is 1. The van der Waals surface area contributed by atoms with E-state index in [4.69, 9.17) is 9.57 Å². The Morgan fingerprint density at radius 2 is 1.77 bits per heavy atom. The first-order chi connectivity index (χ1) is 18.9. The largest absolute Gasteiger partial charge is 0.496 e. The number of aromatic nitrogens is 2. The lowest BCUT2D eigenvalue weighted by Gasteiger charge is -2.15. The molecule has 0 spiro atoms. The highest BCUT2D eigenvalue weighted by Crippen LogP contribution is 2.20. The first-order valence-corrected chi connectivity index (χ1v) is 12.7. The van der Waals surface area contributed by atoms with E-state index in [1.54, 1.807) is 45.0 Å². The number of methoxy groups -OCH3 is 1. The van der Waals surface area contributed by atoms with Crippen LogP contribution in [0.3, 0.4) is 0 Å². The van der Waals surface area contributed by atoms with Gasteiger partial charge >= 0.3 is 5.69 Å². The quantitative estimate of drug-likeness (QED) is 0.221. The lowest BCUT2D eigenvalue weighted by molar-refractivity contribution is 0.0859. The van der Waals surface area contributed by atoms with Crippen molar-refractivity contribution in [1.82, 2.24) is 14.5 Å². The van der Waals surface area contributed by atoms with Crippen molar-refractivity contribution >= 4 is 17.4 Å². The van der Waals surface area contributed by atoms with Crippen LogP contribution in [-0.2, 0) is 17.9 Å². The van der Waals surface area contributed by atoms with E-state index in [1.807, 2.05) is 13.8 Å². The Morgan fingerprint density at radius 1 is 1.05 bits per heavy atom. The molecule has 1 heterocycles. The Kier molecular flexibility index (Phi) is 9.76. The zero-order valence-corrected chi connectivity index (χ0v) is 23.4. The van der Waals surface area contributed by atoms with Crippen LogP contribution in [0.4, 0.5) is 4.39 Å². The summed E-state index contributed by atoms with van der Waals surface area (Å²) in [5.74, 6) is -1.39. The van der Waals surface area contributed by atoms with E-state index in [2.05, 4.69) is 10.5 Å². The summed E-state index contributed by atoms with van der Waals surface area (Å²) in [7, 11) is 1.35. The Hall–Kier alpha value is -4.54. The number of hydrogen-bond donors (Lipinski definition) is 1. The maximum Gasteiger partial charge on any atom is 0.331 e.